The number of carbonyl (C=O) groups excluding carboxylic acids is 2. The number of nitrogens with one attached hydrogen (secondary N) is 1. The number of aromatic nitrogens is 2. The van der Waals surface area contributed by atoms with Crippen molar-refractivity contribution >= 4 is 17.7 Å². The average molecular weight is 341 g/mol. The summed E-state index contributed by atoms with van der Waals surface area (Å²) in [6.45, 7) is 10.1. The van der Waals surface area contributed by atoms with Gasteiger partial charge in [-0.05, 0) is 44.4 Å². The molecule has 1 aromatic heterocycles. The van der Waals surface area contributed by atoms with Crippen LogP contribution in [0.2, 0.25) is 0 Å². The molecule has 0 unspecified atom stereocenters. The maximum absolute atomic E-state index is 12.2. The third-order valence-corrected chi connectivity index (χ3v) is 4.68. The molecule has 2 aromatic rings. The molecule has 0 saturated heterocycles. The maximum atomic E-state index is 12.2. The van der Waals surface area contributed by atoms with Gasteiger partial charge in [0.25, 0.3) is 0 Å². The Labute approximate surface area is 147 Å². The molecule has 2 heterocycles. The molecule has 0 bridgehead atoms. The topological polar surface area (TPSA) is 73.2 Å². The van der Waals surface area contributed by atoms with E-state index in [0.717, 1.165) is 34.5 Å². The Kier molecular flexibility index (Phi) is 4.37. The van der Waals surface area contributed by atoms with Gasteiger partial charge in [0.05, 0.1) is 0 Å². The number of amides is 1. The van der Waals surface area contributed by atoms with Crippen LogP contribution in [0, 0.1) is 20.8 Å². The molecule has 0 aliphatic carbocycles. The van der Waals surface area contributed by atoms with Crippen LogP contribution in [0.3, 0.4) is 0 Å². The smallest absolute Gasteiger partial charge is 0.308 e. The monoisotopic (exact) mass is 341 g/mol. The lowest BCUT2D eigenvalue weighted by Gasteiger charge is -2.24. The van der Waals surface area contributed by atoms with Crippen molar-refractivity contribution in [3.05, 3.63) is 40.1 Å². The van der Waals surface area contributed by atoms with Crippen molar-refractivity contribution in [1.29, 1.82) is 0 Å². The molecule has 132 valence electrons. The minimum absolute atomic E-state index is 0.0300. The first kappa shape index (κ1) is 17.2. The van der Waals surface area contributed by atoms with Crippen LogP contribution >= 0.6 is 0 Å². The van der Waals surface area contributed by atoms with E-state index < -0.39 is 0 Å². The minimum Gasteiger partial charge on any atom is -0.426 e. The van der Waals surface area contributed by atoms with Crippen LogP contribution in [0.5, 0.6) is 5.75 Å². The quantitative estimate of drug-likeness (QED) is 0.687. The van der Waals surface area contributed by atoms with Gasteiger partial charge < -0.3 is 10.1 Å². The second-order valence-electron chi connectivity index (χ2n) is 6.55. The Bertz CT molecular complexity index is 844. The summed E-state index contributed by atoms with van der Waals surface area (Å²) in [5, 5.41) is 7.39. The number of carbonyl (C=O) groups is 2. The summed E-state index contributed by atoms with van der Waals surface area (Å²) in [4.78, 5) is 23.5. The number of benzene rings is 1. The van der Waals surface area contributed by atoms with Crippen LogP contribution in [-0.2, 0) is 16.1 Å². The molecule has 0 spiro atoms. The summed E-state index contributed by atoms with van der Waals surface area (Å²) in [6.07, 6.45) is 0.384. The fourth-order valence-corrected chi connectivity index (χ4v) is 3.62. The van der Waals surface area contributed by atoms with Crippen LogP contribution in [-0.4, -0.2) is 21.7 Å². The third kappa shape index (κ3) is 3.04. The predicted molar refractivity (Wildman–Crippen MR) is 95.0 cm³/mol. The van der Waals surface area contributed by atoms with Crippen molar-refractivity contribution in [2.45, 2.75) is 53.5 Å². The van der Waals surface area contributed by atoms with Crippen molar-refractivity contribution in [3.63, 3.8) is 0 Å². The van der Waals surface area contributed by atoms with Gasteiger partial charge in [-0.3, -0.25) is 14.3 Å². The highest BCUT2D eigenvalue weighted by Crippen LogP contribution is 2.40. The van der Waals surface area contributed by atoms with Crippen molar-refractivity contribution in [1.82, 2.24) is 9.78 Å². The molecular weight excluding hydrogens is 318 g/mol. The second-order valence-corrected chi connectivity index (χ2v) is 6.55. The summed E-state index contributed by atoms with van der Waals surface area (Å²) in [5.41, 5.74) is 4.96. The minimum atomic E-state index is -0.335. The molecule has 25 heavy (non-hydrogen) atoms. The van der Waals surface area contributed by atoms with E-state index in [0.29, 0.717) is 18.0 Å². The SMILES string of the molecule is CCn1nc2c(c1C)[C@H](c1cc(C)c(OC(C)=O)c(C)c1)CC(=O)N2. The third-order valence-electron chi connectivity index (χ3n) is 4.68. The van der Waals surface area contributed by atoms with Crippen LogP contribution in [0.25, 0.3) is 0 Å². The van der Waals surface area contributed by atoms with Crippen LogP contribution in [0.15, 0.2) is 12.1 Å². The Hall–Kier alpha value is -2.63. The van der Waals surface area contributed by atoms with Gasteiger partial charge in [0, 0.05) is 37.1 Å². The molecule has 1 aromatic carbocycles. The number of fused-ring (bicyclic) bond motifs is 1. The number of hydrogen-bond acceptors (Lipinski definition) is 4. The normalized spacial score (nSPS) is 16.4. The van der Waals surface area contributed by atoms with Gasteiger partial charge in [-0.15, -0.1) is 0 Å². The van der Waals surface area contributed by atoms with E-state index in [-0.39, 0.29) is 17.8 Å². The second kappa shape index (κ2) is 6.35. The van der Waals surface area contributed by atoms with Gasteiger partial charge in [-0.1, -0.05) is 12.1 Å². The van der Waals surface area contributed by atoms with Crippen molar-refractivity contribution in [2.24, 2.45) is 0 Å². The molecule has 6 nitrogen and oxygen atoms in total. The molecule has 1 aliphatic heterocycles. The Morgan fingerprint density at radius 1 is 1.32 bits per heavy atom. The van der Waals surface area contributed by atoms with Gasteiger partial charge in [0.15, 0.2) is 5.82 Å². The fraction of sp³-hybridized carbons (Fsp3) is 0.421. The van der Waals surface area contributed by atoms with E-state index >= 15 is 0 Å². The molecule has 0 saturated carbocycles. The summed E-state index contributed by atoms with van der Waals surface area (Å²) in [5.74, 6) is 0.835. The first-order valence-electron chi connectivity index (χ1n) is 8.48. The predicted octanol–water partition coefficient (Wildman–Crippen LogP) is 3.23. The molecule has 1 N–H and O–H groups in total. The average Bonchev–Trinajstić information content (AvgIpc) is 2.85. The van der Waals surface area contributed by atoms with Crippen LogP contribution in [0.4, 0.5) is 5.82 Å². The van der Waals surface area contributed by atoms with Crippen molar-refractivity contribution in [3.8, 4) is 5.75 Å². The zero-order valence-corrected chi connectivity index (χ0v) is 15.3. The van der Waals surface area contributed by atoms with Gasteiger partial charge in [-0.2, -0.15) is 5.10 Å². The highest BCUT2D eigenvalue weighted by Gasteiger charge is 2.32. The lowest BCUT2D eigenvalue weighted by atomic mass is 9.84. The number of anilines is 1. The first-order chi connectivity index (χ1) is 11.8. The standard InChI is InChI=1S/C19H23N3O3/c1-6-22-12(4)17-15(9-16(24)20-19(17)21-22)14-7-10(2)18(11(3)8-14)25-13(5)23/h7-8,15H,6,9H2,1-5H3,(H,20,21,24)/t15-/m0/s1. The molecule has 6 heteroatoms. The van der Waals surface area contributed by atoms with Gasteiger partial charge in [-0.25, -0.2) is 0 Å². The van der Waals surface area contributed by atoms with E-state index in [1.807, 2.05) is 44.5 Å². The van der Waals surface area contributed by atoms with E-state index in [2.05, 4.69) is 10.4 Å². The van der Waals surface area contributed by atoms with Crippen molar-refractivity contribution in [2.75, 3.05) is 5.32 Å². The van der Waals surface area contributed by atoms with Gasteiger partial charge in [0.2, 0.25) is 5.91 Å². The number of aryl methyl sites for hydroxylation is 3. The Balaban J connectivity index is 2.10. The number of esters is 1. The Morgan fingerprint density at radius 2 is 1.96 bits per heavy atom. The molecular formula is C19H23N3O3. The summed E-state index contributed by atoms with van der Waals surface area (Å²) < 4.78 is 7.23. The van der Waals surface area contributed by atoms with E-state index in [4.69, 9.17) is 4.74 Å². The maximum Gasteiger partial charge on any atom is 0.308 e. The molecule has 1 atom stereocenters. The van der Waals surface area contributed by atoms with Gasteiger partial charge >= 0.3 is 5.97 Å². The summed E-state index contributed by atoms with van der Waals surface area (Å²) in [7, 11) is 0. The van der Waals surface area contributed by atoms with Crippen LogP contribution < -0.4 is 10.1 Å². The van der Waals surface area contributed by atoms with E-state index in [1.165, 1.54) is 6.92 Å². The molecule has 0 radical (unpaired) electrons. The Morgan fingerprint density at radius 3 is 2.52 bits per heavy atom. The molecule has 1 amide bonds. The van der Waals surface area contributed by atoms with Crippen LogP contribution in [0.1, 0.15) is 54.1 Å². The number of rotatable bonds is 3. The zero-order chi connectivity index (χ0) is 18.3. The molecule has 0 fully saturated rings. The number of hydrogen-bond donors (Lipinski definition) is 1. The number of nitrogens with zero attached hydrogens (tertiary/aromatic N) is 2. The highest BCUT2D eigenvalue weighted by atomic mass is 16.5. The van der Waals surface area contributed by atoms with Crippen molar-refractivity contribution < 1.29 is 14.3 Å². The first-order valence-corrected chi connectivity index (χ1v) is 8.48. The lowest BCUT2D eigenvalue weighted by molar-refractivity contribution is -0.132. The fourth-order valence-electron chi connectivity index (χ4n) is 3.62. The largest absolute Gasteiger partial charge is 0.426 e. The van der Waals surface area contributed by atoms with E-state index in [1.54, 1.807) is 0 Å². The highest BCUT2D eigenvalue weighted by molar-refractivity contribution is 5.94. The zero-order valence-electron chi connectivity index (χ0n) is 15.3. The van der Waals surface area contributed by atoms with E-state index in [9.17, 15) is 9.59 Å². The number of ether oxygens (including phenoxy) is 1. The summed E-state index contributed by atoms with van der Waals surface area (Å²) in [6, 6.07) is 4.00. The summed E-state index contributed by atoms with van der Waals surface area (Å²) >= 11 is 0. The molecule has 1 aliphatic rings. The lowest BCUT2D eigenvalue weighted by Crippen LogP contribution is -2.23. The van der Waals surface area contributed by atoms with Gasteiger partial charge in [0.1, 0.15) is 5.75 Å². The molecule has 3 rings (SSSR count).